The first-order chi connectivity index (χ1) is 9.83. The van der Waals surface area contributed by atoms with Crippen LogP contribution in [0.1, 0.15) is 22.6 Å². The molecule has 5 heteroatoms. The summed E-state index contributed by atoms with van der Waals surface area (Å²) >= 11 is 1.54. The number of fused-ring (bicyclic) bond motifs is 5. The van der Waals surface area contributed by atoms with E-state index in [4.69, 9.17) is 0 Å². The quantitative estimate of drug-likeness (QED) is 0.639. The lowest BCUT2D eigenvalue weighted by Crippen LogP contribution is -2.09. The molecule has 0 saturated carbocycles. The molecule has 1 aromatic heterocycles. The van der Waals surface area contributed by atoms with Crippen molar-refractivity contribution in [1.29, 1.82) is 0 Å². The number of aliphatic imine (C=N–C) groups is 1. The maximum atomic E-state index is 12.3. The standard InChI is InChI=1S/C15H11N3OS/c19-13(8-20-11-4-2-1-3-5-11)14-15-12-6-10(7-16-12)18(15)9-17-14/h1-5,7,9H,6,8H2. The first-order valence-electron chi connectivity index (χ1n) is 6.38. The van der Waals surface area contributed by atoms with Crippen molar-refractivity contribution in [2.45, 2.75) is 11.3 Å². The van der Waals surface area contributed by atoms with Crippen LogP contribution in [0.3, 0.4) is 0 Å². The zero-order valence-corrected chi connectivity index (χ0v) is 11.4. The first-order valence-corrected chi connectivity index (χ1v) is 7.36. The van der Waals surface area contributed by atoms with Crippen molar-refractivity contribution in [3.05, 3.63) is 54.2 Å². The number of hydrogen-bond donors (Lipinski definition) is 0. The second-order valence-corrected chi connectivity index (χ2v) is 5.76. The highest BCUT2D eigenvalue weighted by molar-refractivity contribution is 8.00. The number of ketones is 1. The van der Waals surface area contributed by atoms with Crippen LogP contribution in [0.4, 0.5) is 0 Å². The van der Waals surface area contributed by atoms with Gasteiger partial charge in [0.1, 0.15) is 12.0 Å². The molecule has 0 fully saturated rings. The van der Waals surface area contributed by atoms with Crippen molar-refractivity contribution in [1.82, 2.24) is 9.55 Å². The van der Waals surface area contributed by atoms with Crippen LogP contribution >= 0.6 is 11.8 Å². The number of nitrogens with zero attached hydrogens (tertiary/aromatic N) is 3. The summed E-state index contributed by atoms with van der Waals surface area (Å²) in [6, 6.07) is 9.93. The van der Waals surface area contributed by atoms with E-state index >= 15 is 0 Å². The number of carbonyl (C=O) groups excluding carboxylic acids is 1. The summed E-state index contributed by atoms with van der Waals surface area (Å²) in [5.41, 5.74) is 3.51. The van der Waals surface area contributed by atoms with Gasteiger partial charge in [0, 0.05) is 23.2 Å². The molecule has 0 spiro atoms. The van der Waals surface area contributed by atoms with Crippen molar-refractivity contribution in [3.8, 4) is 0 Å². The monoisotopic (exact) mass is 281 g/mol. The minimum Gasteiger partial charge on any atom is -0.299 e. The third-order valence-corrected chi connectivity index (χ3v) is 4.46. The number of Topliss-reactive ketones (excluding diaryl/α,β-unsaturated/α-hetero) is 1. The molecular formula is C15H11N3OS. The Morgan fingerprint density at radius 2 is 2.15 bits per heavy atom. The van der Waals surface area contributed by atoms with Crippen LogP contribution in [0.25, 0.3) is 5.70 Å². The van der Waals surface area contributed by atoms with Gasteiger partial charge in [0.25, 0.3) is 0 Å². The summed E-state index contributed by atoms with van der Waals surface area (Å²) in [6.45, 7) is 0. The molecule has 2 aliphatic rings. The summed E-state index contributed by atoms with van der Waals surface area (Å²) in [7, 11) is 0. The van der Waals surface area contributed by atoms with Crippen molar-refractivity contribution < 1.29 is 4.79 Å². The molecule has 3 heterocycles. The SMILES string of the molecule is O=C(CSc1ccccc1)c1ncn2c1C1=NC=C2C1. The summed E-state index contributed by atoms with van der Waals surface area (Å²) in [6.07, 6.45) is 4.39. The van der Waals surface area contributed by atoms with Crippen LogP contribution in [-0.4, -0.2) is 26.8 Å². The average Bonchev–Trinajstić information content (AvgIpc) is 3.18. The molecule has 0 amide bonds. The van der Waals surface area contributed by atoms with Gasteiger partial charge in [-0.05, 0) is 12.1 Å². The molecule has 1 aromatic carbocycles. The van der Waals surface area contributed by atoms with E-state index in [1.54, 1.807) is 6.33 Å². The zero-order chi connectivity index (χ0) is 13.5. The smallest absolute Gasteiger partial charge is 0.193 e. The highest BCUT2D eigenvalue weighted by atomic mass is 32.2. The van der Waals surface area contributed by atoms with Crippen molar-refractivity contribution in [2.75, 3.05) is 5.75 Å². The highest BCUT2D eigenvalue weighted by Gasteiger charge is 2.31. The van der Waals surface area contributed by atoms with Gasteiger partial charge in [-0.15, -0.1) is 11.8 Å². The van der Waals surface area contributed by atoms with Crippen LogP contribution < -0.4 is 0 Å². The lowest BCUT2D eigenvalue weighted by atomic mass is 10.2. The van der Waals surface area contributed by atoms with E-state index in [1.165, 1.54) is 11.8 Å². The number of carbonyl (C=O) groups is 1. The largest absolute Gasteiger partial charge is 0.299 e. The number of hydrogen-bond acceptors (Lipinski definition) is 4. The number of benzene rings is 1. The van der Waals surface area contributed by atoms with E-state index in [1.807, 2.05) is 41.1 Å². The fraction of sp³-hybridized carbons (Fsp3) is 0.133. The second-order valence-electron chi connectivity index (χ2n) is 4.71. The molecule has 0 radical (unpaired) electrons. The molecule has 0 saturated heterocycles. The zero-order valence-electron chi connectivity index (χ0n) is 10.6. The number of imidazole rings is 1. The van der Waals surface area contributed by atoms with E-state index in [0.29, 0.717) is 11.4 Å². The third-order valence-electron chi connectivity index (χ3n) is 3.45. The summed E-state index contributed by atoms with van der Waals surface area (Å²) in [5.74, 6) is 0.462. The van der Waals surface area contributed by atoms with Gasteiger partial charge < -0.3 is 0 Å². The van der Waals surface area contributed by atoms with Crippen molar-refractivity contribution in [2.24, 2.45) is 4.99 Å². The van der Waals surface area contributed by atoms with Crippen LogP contribution in [0.2, 0.25) is 0 Å². The van der Waals surface area contributed by atoms with Crippen molar-refractivity contribution in [3.63, 3.8) is 0 Å². The first kappa shape index (κ1) is 11.7. The van der Waals surface area contributed by atoms with E-state index in [9.17, 15) is 4.79 Å². The maximum absolute atomic E-state index is 12.3. The molecule has 2 aromatic rings. The van der Waals surface area contributed by atoms with Gasteiger partial charge in [-0.3, -0.25) is 14.4 Å². The van der Waals surface area contributed by atoms with Gasteiger partial charge in [-0.1, -0.05) is 18.2 Å². The van der Waals surface area contributed by atoms with E-state index < -0.39 is 0 Å². The predicted molar refractivity (Wildman–Crippen MR) is 79.2 cm³/mol. The molecule has 4 rings (SSSR count). The molecule has 2 bridgehead atoms. The normalized spacial score (nSPS) is 15.0. The summed E-state index contributed by atoms with van der Waals surface area (Å²) < 4.78 is 1.97. The maximum Gasteiger partial charge on any atom is 0.193 e. The molecule has 0 unspecified atom stereocenters. The van der Waals surface area contributed by atoms with Crippen molar-refractivity contribution >= 4 is 29.0 Å². The third kappa shape index (κ3) is 1.74. The Kier molecular flexibility index (Phi) is 2.60. The van der Waals surface area contributed by atoms with Gasteiger partial charge in [0.05, 0.1) is 17.2 Å². The Bertz CT molecular complexity index is 759. The van der Waals surface area contributed by atoms with Crippen LogP contribution in [0, 0.1) is 0 Å². The number of allylic oxidation sites excluding steroid dienone is 1. The van der Waals surface area contributed by atoms with Crippen LogP contribution in [-0.2, 0) is 0 Å². The molecule has 0 aliphatic carbocycles. The Morgan fingerprint density at radius 1 is 1.30 bits per heavy atom. The van der Waals surface area contributed by atoms with E-state index in [-0.39, 0.29) is 5.78 Å². The van der Waals surface area contributed by atoms with Gasteiger partial charge in [-0.25, -0.2) is 4.98 Å². The summed E-state index contributed by atoms with van der Waals surface area (Å²) in [5, 5.41) is 0. The minimum atomic E-state index is 0.0588. The molecule has 98 valence electrons. The lowest BCUT2D eigenvalue weighted by Gasteiger charge is -2.03. The average molecular weight is 281 g/mol. The number of thioether (sulfide) groups is 1. The molecule has 0 atom stereocenters. The lowest BCUT2D eigenvalue weighted by molar-refractivity contribution is 0.101. The minimum absolute atomic E-state index is 0.0588. The molecule has 0 N–H and O–H groups in total. The van der Waals surface area contributed by atoms with Gasteiger partial charge in [0.2, 0.25) is 0 Å². The van der Waals surface area contributed by atoms with Gasteiger partial charge >= 0.3 is 0 Å². The van der Waals surface area contributed by atoms with E-state index in [0.717, 1.165) is 28.4 Å². The number of aromatic nitrogens is 2. The molecular weight excluding hydrogens is 270 g/mol. The number of rotatable bonds is 4. The predicted octanol–water partition coefficient (Wildman–Crippen LogP) is 2.86. The van der Waals surface area contributed by atoms with Gasteiger partial charge in [0.15, 0.2) is 5.78 Å². The molecule has 4 nitrogen and oxygen atoms in total. The fourth-order valence-corrected chi connectivity index (χ4v) is 3.27. The topological polar surface area (TPSA) is 47.2 Å². The van der Waals surface area contributed by atoms with E-state index in [2.05, 4.69) is 9.98 Å². The highest BCUT2D eigenvalue weighted by Crippen LogP contribution is 2.32. The summed E-state index contributed by atoms with van der Waals surface area (Å²) in [4.78, 5) is 22.0. The second kappa shape index (κ2) is 4.45. The Balaban J connectivity index is 1.55. The Labute approximate surface area is 120 Å². The Hall–Kier alpha value is -2.14. The van der Waals surface area contributed by atoms with Crippen LogP contribution in [0.15, 0.2) is 52.7 Å². The van der Waals surface area contributed by atoms with Gasteiger partial charge in [-0.2, -0.15) is 0 Å². The Morgan fingerprint density at radius 3 is 3.00 bits per heavy atom. The molecule has 2 aliphatic heterocycles. The molecule has 20 heavy (non-hydrogen) atoms. The fourth-order valence-electron chi connectivity index (χ4n) is 2.49. The van der Waals surface area contributed by atoms with Crippen LogP contribution in [0.5, 0.6) is 0 Å².